The maximum absolute atomic E-state index is 15.3. The molecular formula is C27H37ClFN5O2. The standard InChI is InChI=1S/C27H37ClFN5O2/c1-13(2)34-21-10-18(9-20(29)24(21)31-25(34)27(7,8)35)23-19(28)11-30-26(33-23)32-22-15(4)14(3)12-36-17(6)16(22)5/h9-11,13-17,22,35H,12H2,1-8H3,(H,30,32,33)/t14-,15+,16-,17-,22-/m0/s1. The third-order valence-corrected chi connectivity index (χ3v) is 7.80. The lowest BCUT2D eigenvalue weighted by Crippen LogP contribution is -2.39. The largest absolute Gasteiger partial charge is 0.383 e. The summed E-state index contributed by atoms with van der Waals surface area (Å²) in [5.41, 5.74) is 0.502. The third-order valence-electron chi connectivity index (χ3n) is 7.52. The van der Waals surface area contributed by atoms with E-state index in [9.17, 15) is 5.11 Å². The fraction of sp³-hybridized carbons (Fsp3) is 0.593. The molecule has 0 radical (unpaired) electrons. The Balaban J connectivity index is 1.79. The fourth-order valence-corrected chi connectivity index (χ4v) is 5.23. The molecule has 7 nitrogen and oxygen atoms in total. The molecule has 1 aliphatic rings. The SMILES string of the molecule is CC(C)n1c(C(C)(C)O)nc2c(F)cc(-c3nc(N[C@@H]4[C@@H](C)[C@H](C)OC[C@H](C)[C@H]4C)ncc3Cl)cc21. The minimum atomic E-state index is -1.23. The number of ether oxygens (including phenoxy) is 1. The van der Waals surface area contributed by atoms with Crippen molar-refractivity contribution < 1.29 is 14.2 Å². The van der Waals surface area contributed by atoms with Crippen molar-refractivity contribution in [1.29, 1.82) is 0 Å². The van der Waals surface area contributed by atoms with Gasteiger partial charge in [0.25, 0.3) is 0 Å². The third kappa shape index (κ3) is 4.95. The van der Waals surface area contributed by atoms with Gasteiger partial charge in [-0.25, -0.2) is 19.3 Å². The number of nitrogens with zero attached hydrogens (tertiary/aromatic N) is 4. The molecule has 1 aromatic carbocycles. The summed E-state index contributed by atoms with van der Waals surface area (Å²) in [6.45, 7) is 16.6. The molecule has 36 heavy (non-hydrogen) atoms. The maximum Gasteiger partial charge on any atom is 0.223 e. The highest BCUT2D eigenvalue weighted by atomic mass is 35.5. The van der Waals surface area contributed by atoms with E-state index in [1.165, 1.54) is 6.07 Å². The highest BCUT2D eigenvalue weighted by Gasteiger charge is 2.35. The monoisotopic (exact) mass is 517 g/mol. The van der Waals surface area contributed by atoms with Crippen LogP contribution >= 0.6 is 11.6 Å². The molecule has 2 N–H and O–H groups in total. The van der Waals surface area contributed by atoms with E-state index >= 15 is 4.39 Å². The van der Waals surface area contributed by atoms with Crippen LogP contribution in [-0.2, 0) is 10.3 Å². The Bertz CT molecular complexity index is 1240. The number of nitrogens with one attached hydrogen (secondary N) is 1. The van der Waals surface area contributed by atoms with E-state index in [4.69, 9.17) is 21.3 Å². The zero-order valence-corrected chi connectivity index (χ0v) is 23.1. The van der Waals surface area contributed by atoms with E-state index in [0.717, 1.165) is 0 Å². The van der Waals surface area contributed by atoms with Gasteiger partial charge in [0.1, 0.15) is 16.9 Å². The summed E-state index contributed by atoms with van der Waals surface area (Å²) in [5, 5.41) is 14.5. The molecule has 0 saturated carbocycles. The predicted molar refractivity (Wildman–Crippen MR) is 142 cm³/mol. The second-order valence-electron chi connectivity index (χ2n) is 11.1. The van der Waals surface area contributed by atoms with Crippen LogP contribution in [0.25, 0.3) is 22.3 Å². The molecule has 3 aromatic rings. The molecule has 4 rings (SSSR count). The van der Waals surface area contributed by atoms with Crippen LogP contribution in [-0.4, -0.2) is 43.4 Å². The van der Waals surface area contributed by atoms with Crippen molar-refractivity contribution in [2.75, 3.05) is 11.9 Å². The summed E-state index contributed by atoms with van der Waals surface area (Å²) in [7, 11) is 0. The number of benzene rings is 1. The lowest BCUT2D eigenvalue weighted by molar-refractivity contribution is 0.0297. The molecule has 0 aliphatic carbocycles. The van der Waals surface area contributed by atoms with Gasteiger partial charge in [0, 0.05) is 30.2 Å². The second-order valence-corrected chi connectivity index (χ2v) is 11.5. The van der Waals surface area contributed by atoms with Crippen LogP contribution in [0.4, 0.5) is 10.3 Å². The molecule has 9 heteroatoms. The van der Waals surface area contributed by atoms with Gasteiger partial charge < -0.3 is 19.7 Å². The van der Waals surface area contributed by atoms with Gasteiger partial charge in [0.05, 0.1) is 28.5 Å². The first-order chi connectivity index (χ1) is 16.8. The number of hydrogen-bond acceptors (Lipinski definition) is 6. The van der Waals surface area contributed by atoms with Crippen molar-refractivity contribution in [3.05, 3.63) is 35.0 Å². The first kappa shape index (κ1) is 26.8. The van der Waals surface area contributed by atoms with Gasteiger partial charge >= 0.3 is 0 Å². The Morgan fingerprint density at radius 1 is 1.17 bits per heavy atom. The van der Waals surface area contributed by atoms with Crippen LogP contribution in [0, 0.1) is 23.6 Å². The number of imidazole rings is 1. The normalized spacial score (nSPS) is 25.4. The van der Waals surface area contributed by atoms with Crippen molar-refractivity contribution in [2.24, 2.45) is 17.8 Å². The van der Waals surface area contributed by atoms with Crippen LogP contribution in [0.1, 0.15) is 67.3 Å². The minimum Gasteiger partial charge on any atom is -0.383 e. The van der Waals surface area contributed by atoms with Gasteiger partial charge in [0.15, 0.2) is 5.82 Å². The smallest absolute Gasteiger partial charge is 0.223 e. The van der Waals surface area contributed by atoms with E-state index in [-0.39, 0.29) is 29.6 Å². The lowest BCUT2D eigenvalue weighted by atomic mass is 9.82. The zero-order valence-electron chi connectivity index (χ0n) is 22.3. The first-order valence-corrected chi connectivity index (χ1v) is 13.0. The van der Waals surface area contributed by atoms with E-state index < -0.39 is 11.4 Å². The number of rotatable bonds is 5. The van der Waals surface area contributed by atoms with E-state index in [2.05, 4.69) is 43.0 Å². The molecule has 0 bridgehead atoms. The molecule has 1 aliphatic heterocycles. The highest BCUT2D eigenvalue weighted by Crippen LogP contribution is 2.36. The Morgan fingerprint density at radius 3 is 2.50 bits per heavy atom. The average molecular weight is 518 g/mol. The molecule has 1 saturated heterocycles. The molecule has 2 aromatic heterocycles. The van der Waals surface area contributed by atoms with Crippen molar-refractivity contribution in [2.45, 2.75) is 79.2 Å². The van der Waals surface area contributed by atoms with Gasteiger partial charge in [-0.3, -0.25) is 0 Å². The quantitative estimate of drug-likeness (QED) is 0.419. The van der Waals surface area contributed by atoms with Gasteiger partial charge in [-0.15, -0.1) is 0 Å². The number of hydrogen-bond donors (Lipinski definition) is 2. The molecule has 0 amide bonds. The van der Waals surface area contributed by atoms with Crippen molar-refractivity contribution in [3.8, 4) is 11.3 Å². The Kier molecular flexibility index (Phi) is 7.34. The van der Waals surface area contributed by atoms with Crippen molar-refractivity contribution in [1.82, 2.24) is 19.5 Å². The van der Waals surface area contributed by atoms with Gasteiger partial charge in [0.2, 0.25) is 5.95 Å². The summed E-state index contributed by atoms with van der Waals surface area (Å²) in [4.78, 5) is 13.6. The van der Waals surface area contributed by atoms with E-state index in [1.807, 2.05) is 24.5 Å². The topological polar surface area (TPSA) is 85.1 Å². The van der Waals surface area contributed by atoms with E-state index in [1.54, 1.807) is 20.0 Å². The summed E-state index contributed by atoms with van der Waals surface area (Å²) in [5.74, 6) is 1.29. The summed E-state index contributed by atoms with van der Waals surface area (Å²) >= 11 is 6.53. The first-order valence-electron chi connectivity index (χ1n) is 12.6. The van der Waals surface area contributed by atoms with Crippen LogP contribution in [0.2, 0.25) is 5.02 Å². The molecule has 5 atom stereocenters. The molecule has 3 heterocycles. The Labute approximate surface area is 217 Å². The molecule has 196 valence electrons. The number of halogens is 2. The number of aliphatic hydroxyl groups is 1. The maximum atomic E-state index is 15.3. The number of fused-ring (bicyclic) bond motifs is 1. The van der Waals surface area contributed by atoms with Gasteiger partial charge in [-0.05, 0) is 58.6 Å². The average Bonchev–Trinajstić information content (AvgIpc) is 3.18. The Hall–Kier alpha value is -2.29. The van der Waals surface area contributed by atoms with Crippen molar-refractivity contribution >= 4 is 28.6 Å². The van der Waals surface area contributed by atoms with Crippen LogP contribution in [0.15, 0.2) is 18.3 Å². The molecular weight excluding hydrogens is 481 g/mol. The highest BCUT2D eigenvalue weighted by molar-refractivity contribution is 6.33. The van der Waals surface area contributed by atoms with Gasteiger partial charge in [-0.2, -0.15) is 0 Å². The minimum absolute atomic E-state index is 0.0476. The van der Waals surface area contributed by atoms with E-state index in [0.29, 0.717) is 52.0 Å². The summed E-state index contributed by atoms with van der Waals surface area (Å²) < 4.78 is 23.2. The van der Waals surface area contributed by atoms with Gasteiger partial charge in [-0.1, -0.05) is 32.4 Å². The lowest BCUT2D eigenvalue weighted by Gasteiger charge is -2.31. The fourth-order valence-electron chi connectivity index (χ4n) is 5.03. The summed E-state index contributed by atoms with van der Waals surface area (Å²) in [6, 6.07) is 3.27. The van der Waals surface area contributed by atoms with Crippen molar-refractivity contribution in [3.63, 3.8) is 0 Å². The van der Waals surface area contributed by atoms with Crippen LogP contribution in [0.5, 0.6) is 0 Å². The predicted octanol–water partition coefficient (Wildman–Crippen LogP) is 6.20. The second kappa shape index (κ2) is 9.88. The zero-order chi connectivity index (χ0) is 26.5. The molecule has 0 spiro atoms. The molecule has 0 unspecified atom stereocenters. The van der Waals surface area contributed by atoms with Crippen LogP contribution < -0.4 is 5.32 Å². The Morgan fingerprint density at radius 2 is 1.86 bits per heavy atom. The number of anilines is 1. The summed E-state index contributed by atoms with van der Waals surface area (Å²) in [6.07, 6.45) is 1.64. The molecule has 1 fully saturated rings. The van der Waals surface area contributed by atoms with Crippen LogP contribution in [0.3, 0.4) is 0 Å². The number of aromatic nitrogens is 4.